The minimum atomic E-state index is -0.250. The molecule has 2 N–H and O–H groups in total. The van der Waals surface area contributed by atoms with Crippen molar-refractivity contribution in [1.82, 2.24) is 24.1 Å². The predicted molar refractivity (Wildman–Crippen MR) is 119 cm³/mol. The van der Waals surface area contributed by atoms with Gasteiger partial charge in [-0.2, -0.15) is 10.1 Å². The summed E-state index contributed by atoms with van der Waals surface area (Å²) in [6, 6.07) is 10.8. The van der Waals surface area contributed by atoms with Crippen molar-refractivity contribution in [2.75, 3.05) is 17.2 Å². The zero-order valence-corrected chi connectivity index (χ0v) is 17.4. The molecule has 154 valence electrons. The van der Waals surface area contributed by atoms with Gasteiger partial charge in [0.2, 0.25) is 5.95 Å². The van der Waals surface area contributed by atoms with E-state index in [1.807, 2.05) is 35.2 Å². The van der Waals surface area contributed by atoms with E-state index in [0.29, 0.717) is 40.0 Å². The maximum absolute atomic E-state index is 13.5. The first-order chi connectivity index (χ1) is 15.0. The van der Waals surface area contributed by atoms with Crippen LogP contribution < -0.4 is 16.2 Å². The third-order valence-electron chi connectivity index (χ3n) is 5.52. The number of halogens is 1. The van der Waals surface area contributed by atoms with Crippen molar-refractivity contribution in [2.24, 2.45) is 5.92 Å². The minimum Gasteiger partial charge on any atom is -0.368 e. The Labute approximate surface area is 182 Å². The number of benzene rings is 1. The average Bonchev–Trinajstić information content (AvgIpc) is 3.13. The summed E-state index contributed by atoms with van der Waals surface area (Å²) < 4.78 is 3.13. The number of nitrogens with zero attached hydrogens (tertiary/aromatic N) is 6. The van der Waals surface area contributed by atoms with Gasteiger partial charge in [-0.15, -0.1) is 6.42 Å². The highest BCUT2D eigenvalue weighted by atomic mass is 35.5. The van der Waals surface area contributed by atoms with Gasteiger partial charge in [0.05, 0.1) is 28.5 Å². The Morgan fingerprint density at radius 3 is 2.74 bits per heavy atom. The number of para-hydroxylation sites is 1. The van der Waals surface area contributed by atoms with E-state index >= 15 is 0 Å². The monoisotopic (exact) mass is 431 g/mol. The summed E-state index contributed by atoms with van der Waals surface area (Å²) in [6.07, 6.45) is 8.88. The minimum absolute atomic E-state index is 0.133. The molecule has 4 heterocycles. The molecule has 31 heavy (non-hydrogen) atoms. The Morgan fingerprint density at radius 1 is 1.26 bits per heavy atom. The molecule has 0 aliphatic carbocycles. The molecule has 0 bridgehead atoms. The van der Waals surface area contributed by atoms with Gasteiger partial charge >= 0.3 is 0 Å². The number of aromatic nitrogens is 5. The van der Waals surface area contributed by atoms with E-state index in [1.54, 1.807) is 16.8 Å². The lowest BCUT2D eigenvalue weighted by atomic mass is 9.89. The lowest BCUT2D eigenvalue weighted by Crippen LogP contribution is -2.51. The molecule has 1 aliphatic heterocycles. The molecule has 0 spiro atoms. The van der Waals surface area contributed by atoms with Gasteiger partial charge in [0.15, 0.2) is 11.6 Å². The Balaban J connectivity index is 1.76. The normalized spacial score (nSPS) is 18.0. The average molecular weight is 432 g/mol. The number of nitrogen functional groups attached to an aromatic ring is 1. The van der Waals surface area contributed by atoms with Crippen molar-refractivity contribution in [2.45, 2.75) is 13.0 Å². The largest absolute Gasteiger partial charge is 0.368 e. The van der Waals surface area contributed by atoms with Crippen LogP contribution >= 0.6 is 11.6 Å². The van der Waals surface area contributed by atoms with E-state index in [2.05, 4.69) is 22.8 Å². The molecule has 0 unspecified atom stereocenters. The van der Waals surface area contributed by atoms with Crippen molar-refractivity contribution in [3.05, 3.63) is 75.6 Å². The van der Waals surface area contributed by atoms with Crippen LogP contribution in [0.3, 0.4) is 0 Å². The third-order valence-corrected chi connectivity index (χ3v) is 5.82. The molecule has 1 aliphatic rings. The van der Waals surface area contributed by atoms with Gasteiger partial charge in [-0.1, -0.05) is 42.6 Å². The van der Waals surface area contributed by atoms with Gasteiger partial charge < -0.3 is 10.6 Å². The summed E-state index contributed by atoms with van der Waals surface area (Å²) in [6.45, 7) is 2.78. The van der Waals surface area contributed by atoms with E-state index in [0.717, 1.165) is 0 Å². The van der Waals surface area contributed by atoms with Crippen LogP contribution in [-0.4, -0.2) is 30.7 Å². The first-order valence-corrected chi connectivity index (χ1v) is 10.1. The second-order valence-electron chi connectivity index (χ2n) is 7.48. The Bertz CT molecular complexity index is 1400. The van der Waals surface area contributed by atoms with Crippen molar-refractivity contribution in [1.29, 1.82) is 0 Å². The lowest BCUT2D eigenvalue weighted by molar-refractivity contribution is 0.300. The Kier molecular flexibility index (Phi) is 4.41. The molecule has 9 heteroatoms. The standard InChI is InChI=1S/C22H18ClN7O/c1-3-14-11-25-22(24)26-19(14)28-12-13(2)17(28)20-27-29-10-9-16(23)18(29)21(31)30(20)15-7-5-4-6-8-15/h1,4-11,13,17H,12H2,2H3,(H2,24,25,26)/t13-,17-/m0/s1. The summed E-state index contributed by atoms with van der Waals surface area (Å²) in [4.78, 5) is 23.9. The van der Waals surface area contributed by atoms with Gasteiger partial charge in [-0.3, -0.25) is 9.36 Å². The molecular formula is C22H18ClN7O. The number of fused-ring (bicyclic) bond motifs is 1. The van der Waals surface area contributed by atoms with Crippen LogP contribution in [0, 0.1) is 18.3 Å². The number of anilines is 2. The molecule has 5 rings (SSSR count). The van der Waals surface area contributed by atoms with Crippen molar-refractivity contribution >= 4 is 28.9 Å². The fraction of sp³-hybridized carbons (Fsp3) is 0.182. The van der Waals surface area contributed by atoms with E-state index in [9.17, 15) is 4.79 Å². The fourth-order valence-electron chi connectivity index (χ4n) is 4.08. The molecule has 0 saturated carbocycles. The topological polar surface area (TPSA) is 94.3 Å². The molecule has 1 fully saturated rings. The maximum atomic E-state index is 13.5. The molecule has 1 saturated heterocycles. The second kappa shape index (κ2) is 7.15. The number of nitrogens with two attached hydrogens (primary N) is 1. The van der Waals surface area contributed by atoms with Crippen molar-refractivity contribution in [3.8, 4) is 18.0 Å². The van der Waals surface area contributed by atoms with Gasteiger partial charge in [-0.05, 0) is 18.2 Å². The van der Waals surface area contributed by atoms with Crippen molar-refractivity contribution in [3.63, 3.8) is 0 Å². The van der Waals surface area contributed by atoms with Crippen LogP contribution in [0.15, 0.2) is 53.6 Å². The first kappa shape index (κ1) is 19.2. The molecule has 1 aromatic carbocycles. The number of rotatable bonds is 3. The SMILES string of the molecule is C#Cc1cnc(N)nc1N1C[C@H](C)[C@H]1c1nn2ccc(Cl)c2c(=O)n1-c1ccccc1. The highest BCUT2D eigenvalue weighted by molar-refractivity contribution is 6.33. The second-order valence-corrected chi connectivity index (χ2v) is 7.88. The smallest absolute Gasteiger partial charge is 0.284 e. The third kappa shape index (κ3) is 2.94. The zero-order valence-electron chi connectivity index (χ0n) is 16.6. The molecule has 2 atom stereocenters. The molecule has 4 aromatic rings. The molecular weight excluding hydrogens is 414 g/mol. The van der Waals surface area contributed by atoms with Crippen LogP contribution in [0.4, 0.5) is 11.8 Å². The number of hydrogen-bond donors (Lipinski definition) is 1. The lowest BCUT2D eigenvalue weighted by Gasteiger charge is -2.47. The fourth-order valence-corrected chi connectivity index (χ4v) is 4.30. The van der Waals surface area contributed by atoms with Gasteiger partial charge in [0, 0.05) is 18.7 Å². The van der Waals surface area contributed by atoms with Crippen LogP contribution in [0.5, 0.6) is 0 Å². The quantitative estimate of drug-likeness (QED) is 0.501. The highest BCUT2D eigenvalue weighted by Crippen LogP contribution is 2.42. The van der Waals surface area contributed by atoms with Crippen LogP contribution in [-0.2, 0) is 0 Å². The zero-order chi connectivity index (χ0) is 21.7. The highest BCUT2D eigenvalue weighted by Gasteiger charge is 2.42. The molecule has 0 amide bonds. The van der Waals surface area contributed by atoms with Gasteiger partial charge in [-0.25, -0.2) is 9.50 Å². The predicted octanol–water partition coefficient (Wildman–Crippen LogP) is 2.69. The Morgan fingerprint density at radius 2 is 2.03 bits per heavy atom. The maximum Gasteiger partial charge on any atom is 0.284 e. The van der Waals surface area contributed by atoms with Crippen molar-refractivity contribution < 1.29 is 0 Å². The summed E-state index contributed by atoms with van der Waals surface area (Å²) in [5, 5.41) is 5.14. The molecule has 0 radical (unpaired) electrons. The summed E-state index contributed by atoms with van der Waals surface area (Å²) >= 11 is 6.29. The van der Waals surface area contributed by atoms with Crippen LogP contribution in [0.25, 0.3) is 11.2 Å². The van der Waals surface area contributed by atoms with Gasteiger partial charge in [0.1, 0.15) is 5.52 Å². The Hall–Kier alpha value is -3.83. The van der Waals surface area contributed by atoms with Gasteiger partial charge in [0.25, 0.3) is 5.56 Å². The van der Waals surface area contributed by atoms with Crippen LogP contribution in [0.1, 0.15) is 24.4 Å². The van der Waals surface area contributed by atoms with E-state index < -0.39 is 0 Å². The molecule has 3 aromatic heterocycles. The van der Waals surface area contributed by atoms with Crippen LogP contribution in [0.2, 0.25) is 5.02 Å². The first-order valence-electron chi connectivity index (χ1n) is 9.70. The summed E-state index contributed by atoms with van der Waals surface area (Å²) in [7, 11) is 0. The number of terminal acetylenes is 1. The van der Waals surface area contributed by atoms with E-state index in [4.69, 9.17) is 28.9 Å². The van der Waals surface area contributed by atoms with E-state index in [-0.39, 0.29) is 23.5 Å². The molecule has 8 nitrogen and oxygen atoms in total. The number of hydrogen-bond acceptors (Lipinski definition) is 6. The van der Waals surface area contributed by atoms with E-state index in [1.165, 1.54) is 10.7 Å². The summed E-state index contributed by atoms with van der Waals surface area (Å²) in [5.74, 6) is 4.05. The summed E-state index contributed by atoms with van der Waals surface area (Å²) in [5.41, 5.74) is 7.14.